The fraction of sp³-hybridized carbons (Fsp3) is 0.273. The van der Waals surface area contributed by atoms with Crippen LogP contribution >= 0.6 is 0 Å². The van der Waals surface area contributed by atoms with E-state index in [2.05, 4.69) is 10.5 Å². The Morgan fingerprint density at radius 1 is 1.50 bits per heavy atom. The summed E-state index contributed by atoms with van der Waals surface area (Å²) in [6.07, 6.45) is 1.36. The number of benzene rings is 1. The number of nitrogens with one attached hydrogen (secondary N) is 1. The molecular formula is C11H14N4O3. The molecule has 1 aromatic carbocycles. The fourth-order valence-corrected chi connectivity index (χ4v) is 1.34. The summed E-state index contributed by atoms with van der Waals surface area (Å²) in [4.78, 5) is 22.7. The minimum absolute atomic E-state index is 0.00762. The van der Waals surface area contributed by atoms with Crippen molar-refractivity contribution in [3.8, 4) is 0 Å². The maximum absolute atomic E-state index is 10.9. The predicted octanol–water partition coefficient (Wildman–Crippen LogP) is 1.13. The number of nitro groups is 1. The van der Waals surface area contributed by atoms with Crippen molar-refractivity contribution in [1.29, 1.82) is 0 Å². The molecule has 18 heavy (non-hydrogen) atoms. The van der Waals surface area contributed by atoms with Gasteiger partial charge in [0.15, 0.2) is 0 Å². The molecule has 0 spiro atoms. The van der Waals surface area contributed by atoms with Crippen LogP contribution in [0.3, 0.4) is 0 Å². The number of amides is 1. The largest absolute Gasteiger partial charge is 0.372 e. The number of anilines is 1. The van der Waals surface area contributed by atoms with Crippen LogP contribution in [0.15, 0.2) is 23.3 Å². The molecule has 1 N–H and O–H groups in total. The van der Waals surface area contributed by atoms with Crippen LogP contribution in [0.1, 0.15) is 12.5 Å². The summed E-state index contributed by atoms with van der Waals surface area (Å²) in [5, 5.41) is 14.6. The molecule has 0 aliphatic carbocycles. The molecule has 7 nitrogen and oxygen atoms in total. The lowest BCUT2D eigenvalue weighted by atomic mass is 10.2. The van der Waals surface area contributed by atoms with Gasteiger partial charge < -0.3 is 4.90 Å². The lowest BCUT2D eigenvalue weighted by Gasteiger charge is -2.12. The zero-order valence-electron chi connectivity index (χ0n) is 10.4. The minimum atomic E-state index is -0.453. The number of nitrogens with zero attached hydrogens (tertiary/aromatic N) is 3. The van der Waals surface area contributed by atoms with Crippen molar-refractivity contribution in [3.63, 3.8) is 0 Å². The van der Waals surface area contributed by atoms with Gasteiger partial charge in [0, 0.05) is 32.6 Å². The third kappa shape index (κ3) is 3.55. The van der Waals surface area contributed by atoms with E-state index in [1.807, 2.05) is 0 Å². The monoisotopic (exact) mass is 250 g/mol. The Hall–Kier alpha value is -2.44. The van der Waals surface area contributed by atoms with Gasteiger partial charge in [-0.15, -0.1) is 0 Å². The second-order valence-corrected chi connectivity index (χ2v) is 3.83. The highest BCUT2D eigenvalue weighted by molar-refractivity contribution is 5.84. The summed E-state index contributed by atoms with van der Waals surface area (Å²) in [6.45, 7) is 1.33. The van der Waals surface area contributed by atoms with Gasteiger partial charge >= 0.3 is 0 Å². The van der Waals surface area contributed by atoms with E-state index in [1.54, 1.807) is 31.1 Å². The lowest BCUT2D eigenvalue weighted by Crippen LogP contribution is -2.13. The Balaban J connectivity index is 3.04. The van der Waals surface area contributed by atoms with E-state index in [0.29, 0.717) is 11.3 Å². The molecule has 1 aromatic rings. The first-order valence-electron chi connectivity index (χ1n) is 5.17. The van der Waals surface area contributed by atoms with E-state index in [9.17, 15) is 14.9 Å². The highest BCUT2D eigenvalue weighted by atomic mass is 16.6. The van der Waals surface area contributed by atoms with Crippen molar-refractivity contribution in [1.82, 2.24) is 5.43 Å². The second-order valence-electron chi connectivity index (χ2n) is 3.83. The summed E-state index contributed by atoms with van der Waals surface area (Å²) >= 11 is 0. The van der Waals surface area contributed by atoms with Gasteiger partial charge in [0.25, 0.3) is 5.69 Å². The van der Waals surface area contributed by atoms with Gasteiger partial charge in [-0.05, 0) is 6.07 Å². The van der Waals surface area contributed by atoms with Crippen LogP contribution in [-0.4, -0.2) is 31.1 Å². The molecule has 0 radical (unpaired) electrons. The summed E-state index contributed by atoms with van der Waals surface area (Å²) in [5.41, 5.74) is 3.28. The molecule has 0 aromatic heterocycles. The van der Waals surface area contributed by atoms with E-state index in [-0.39, 0.29) is 11.6 Å². The van der Waals surface area contributed by atoms with Crippen molar-refractivity contribution >= 4 is 23.5 Å². The molecule has 0 heterocycles. The second kappa shape index (κ2) is 5.76. The van der Waals surface area contributed by atoms with Gasteiger partial charge in [0.05, 0.1) is 11.1 Å². The average Bonchev–Trinajstić information content (AvgIpc) is 2.28. The van der Waals surface area contributed by atoms with Crippen LogP contribution < -0.4 is 10.3 Å². The molecule has 0 fully saturated rings. The first kappa shape index (κ1) is 13.6. The third-order valence-electron chi connectivity index (χ3n) is 2.11. The molecule has 0 saturated heterocycles. The summed E-state index contributed by atoms with van der Waals surface area (Å²) < 4.78 is 0. The van der Waals surface area contributed by atoms with Gasteiger partial charge in [0.1, 0.15) is 5.69 Å². The number of nitro benzene ring substituents is 1. The topological polar surface area (TPSA) is 87.8 Å². The molecule has 0 atom stereocenters. The molecule has 1 rings (SSSR count). The van der Waals surface area contributed by atoms with E-state index in [1.165, 1.54) is 19.2 Å². The predicted molar refractivity (Wildman–Crippen MR) is 68.8 cm³/mol. The Morgan fingerprint density at radius 2 is 2.17 bits per heavy atom. The molecule has 1 amide bonds. The molecule has 0 aliphatic heterocycles. The summed E-state index contributed by atoms with van der Waals surface area (Å²) in [6, 6.07) is 4.72. The smallest absolute Gasteiger partial charge is 0.293 e. The van der Waals surface area contributed by atoms with Gasteiger partial charge in [0.2, 0.25) is 5.91 Å². The number of carbonyl (C=O) groups excluding carboxylic acids is 1. The first-order chi connectivity index (χ1) is 8.41. The van der Waals surface area contributed by atoms with Crippen molar-refractivity contribution in [2.45, 2.75) is 6.92 Å². The molecule has 96 valence electrons. The SMILES string of the molecule is CC(=O)N/N=C\c1ccc(N(C)C)c([N+](=O)[O-])c1. The third-order valence-corrected chi connectivity index (χ3v) is 2.11. The molecular weight excluding hydrogens is 236 g/mol. The van der Waals surface area contributed by atoms with Crippen molar-refractivity contribution in [2.75, 3.05) is 19.0 Å². The molecule has 0 unspecified atom stereocenters. The first-order valence-corrected chi connectivity index (χ1v) is 5.17. The maximum atomic E-state index is 10.9. The van der Waals surface area contributed by atoms with Crippen LogP contribution in [0.25, 0.3) is 0 Å². The Labute approximate surface area is 104 Å². The van der Waals surface area contributed by atoms with Crippen LogP contribution in [0.5, 0.6) is 0 Å². The van der Waals surface area contributed by atoms with Gasteiger partial charge in [-0.25, -0.2) is 5.43 Å². The summed E-state index contributed by atoms with van der Waals surface area (Å²) in [5.74, 6) is -0.300. The maximum Gasteiger partial charge on any atom is 0.293 e. The van der Waals surface area contributed by atoms with Crippen molar-refractivity contribution in [2.24, 2.45) is 5.10 Å². The number of hydrogen-bond acceptors (Lipinski definition) is 5. The molecule has 7 heteroatoms. The Morgan fingerprint density at radius 3 is 2.67 bits per heavy atom. The van der Waals surface area contributed by atoms with Crippen LogP contribution in [0, 0.1) is 10.1 Å². The van der Waals surface area contributed by atoms with Gasteiger partial charge in [-0.3, -0.25) is 14.9 Å². The van der Waals surface area contributed by atoms with Crippen LogP contribution in [-0.2, 0) is 4.79 Å². The van der Waals surface area contributed by atoms with Crippen molar-refractivity contribution in [3.05, 3.63) is 33.9 Å². The van der Waals surface area contributed by atoms with Crippen LogP contribution in [0.2, 0.25) is 0 Å². The lowest BCUT2D eigenvalue weighted by molar-refractivity contribution is -0.384. The standard InChI is InChI=1S/C11H14N4O3/c1-8(16)13-12-7-9-4-5-10(14(2)3)11(6-9)15(17)18/h4-7H,1-3H3,(H,13,16)/b12-7-. The highest BCUT2D eigenvalue weighted by Gasteiger charge is 2.15. The minimum Gasteiger partial charge on any atom is -0.372 e. The Kier molecular flexibility index (Phi) is 4.36. The number of hydrazone groups is 1. The van der Waals surface area contributed by atoms with Crippen molar-refractivity contribution < 1.29 is 9.72 Å². The zero-order chi connectivity index (χ0) is 13.7. The molecule has 0 bridgehead atoms. The number of rotatable bonds is 4. The fourth-order valence-electron chi connectivity index (χ4n) is 1.34. The highest BCUT2D eigenvalue weighted by Crippen LogP contribution is 2.26. The normalized spacial score (nSPS) is 10.4. The van der Waals surface area contributed by atoms with E-state index in [0.717, 1.165) is 0 Å². The van der Waals surface area contributed by atoms with Crippen LogP contribution in [0.4, 0.5) is 11.4 Å². The van der Waals surface area contributed by atoms with E-state index < -0.39 is 4.92 Å². The molecule has 0 aliphatic rings. The average molecular weight is 250 g/mol. The van der Waals surface area contributed by atoms with E-state index >= 15 is 0 Å². The number of hydrogen-bond donors (Lipinski definition) is 1. The summed E-state index contributed by atoms with van der Waals surface area (Å²) in [7, 11) is 3.46. The number of carbonyl (C=O) groups is 1. The quantitative estimate of drug-likeness (QED) is 0.493. The van der Waals surface area contributed by atoms with Gasteiger partial charge in [-0.1, -0.05) is 6.07 Å². The van der Waals surface area contributed by atoms with E-state index in [4.69, 9.17) is 0 Å². The van der Waals surface area contributed by atoms with Gasteiger partial charge in [-0.2, -0.15) is 5.10 Å². The zero-order valence-corrected chi connectivity index (χ0v) is 10.4. The Bertz CT molecular complexity index is 497. The molecule has 0 saturated carbocycles.